The van der Waals surface area contributed by atoms with E-state index in [0.29, 0.717) is 23.9 Å². The summed E-state index contributed by atoms with van der Waals surface area (Å²) in [6.45, 7) is 12.1. The Kier molecular flexibility index (Phi) is 9.04. The van der Waals surface area contributed by atoms with E-state index in [1.807, 2.05) is 6.92 Å². The maximum atomic E-state index is 13.5. The van der Waals surface area contributed by atoms with Crippen LogP contribution in [-0.2, 0) is 19.0 Å². The molecule has 1 aromatic carbocycles. The van der Waals surface area contributed by atoms with Crippen LogP contribution in [0.5, 0.6) is 5.75 Å². The Hall–Kier alpha value is -1.62. The lowest BCUT2D eigenvalue weighted by Crippen LogP contribution is -2.63. The monoisotopic (exact) mass is 609 g/mol. The molecule has 0 spiro atoms. The Bertz CT molecular complexity index is 1220. The molecule has 8 nitrogen and oxygen atoms in total. The summed E-state index contributed by atoms with van der Waals surface area (Å²) < 4.78 is 17.5. The number of ether oxygens (including phenoxy) is 2. The number of carbonyl (C=O) groups is 2. The SMILES string of the molecule is C=C[C@]1(C)C[C@@H](OC(=O)COc2ccc3c(c2Cl)B(O)OC3CN)[C@@]2(C)[C@@H]3C(=O)CC[C@@]3(CC[C@@H]2C)[C@@H](C)[C@@H]1O.Cl. The molecule has 3 saturated carbocycles. The van der Waals surface area contributed by atoms with Crippen molar-refractivity contribution in [3.8, 4) is 5.75 Å². The van der Waals surface area contributed by atoms with Crippen molar-refractivity contribution in [3.63, 3.8) is 0 Å². The van der Waals surface area contributed by atoms with Crippen LogP contribution in [0.15, 0.2) is 24.8 Å². The van der Waals surface area contributed by atoms with Gasteiger partial charge < -0.3 is 30.0 Å². The van der Waals surface area contributed by atoms with Crippen molar-refractivity contribution in [2.24, 2.45) is 39.7 Å². The van der Waals surface area contributed by atoms with E-state index in [4.69, 9.17) is 31.5 Å². The molecule has 41 heavy (non-hydrogen) atoms. The molecule has 5 rings (SSSR count). The number of ketones is 1. The molecule has 1 heterocycles. The summed E-state index contributed by atoms with van der Waals surface area (Å²) in [5.74, 6) is -0.441. The van der Waals surface area contributed by atoms with Crippen LogP contribution in [0.4, 0.5) is 0 Å². The predicted octanol–water partition coefficient (Wildman–Crippen LogP) is 3.76. The van der Waals surface area contributed by atoms with Crippen LogP contribution in [0.1, 0.15) is 71.5 Å². The molecule has 0 radical (unpaired) electrons. The molecule has 2 bridgehead atoms. The molecule has 1 unspecified atom stereocenters. The number of hydrogen-bond acceptors (Lipinski definition) is 8. The van der Waals surface area contributed by atoms with Gasteiger partial charge in [0.1, 0.15) is 17.6 Å². The van der Waals surface area contributed by atoms with Gasteiger partial charge in [0.05, 0.1) is 17.2 Å². The Morgan fingerprint density at radius 3 is 2.68 bits per heavy atom. The van der Waals surface area contributed by atoms with Gasteiger partial charge in [-0.05, 0) is 54.6 Å². The summed E-state index contributed by atoms with van der Waals surface area (Å²) in [6, 6.07) is 3.34. The fourth-order valence-electron chi connectivity index (χ4n) is 8.54. The lowest BCUT2D eigenvalue weighted by atomic mass is 9.44. The minimum atomic E-state index is -1.23. The number of rotatable bonds is 6. The molecule has 0 saturated heterocycles. The van der Waals surface area contributed by atoms with Crippen molar-refractivity contribution in [2.75, 3.05) is 13.2 Å². The molecule has 1 aromatic rings. The van der Waals surface area contributed by atoms with Crippen LogP contribution in [0.3, 0.4) is 0 Å². The third kappa shape index (κ3) is 4.85. The normalized spacial score (nSPS) is 39.6. The van der Waals surface area contributed by atoms with E-state index in [1.165, 1.54) is 0 Å². The lowest BCUT2D eigenvalue weighted by Gasteiger charge is -2.61. The standard InChI is InChI=1S/C30H41BClNO7.ClH/c1-6-28(4)13-22(29(5)16(2)9-11-30(17(3)27(28)36)12-10-19(34)26(29)30)39-23(35)15-38-20-8-7-18-21(14-33)40-31(37)24(18)25(20)32;/h6-8,16-17,21-22,26-27,36-37H,1,9-15,33H2,2-5H3;1H/t16-,17-,21?,22+,26-,27-,28+,29-,30-;/m0./s1. The zero-order valence-electron chi connectivity index (χ0n) is 24.2. The van der Waals surface area contributed by atoms with Crippen molar-refractivity contribution in [1.29, 1.82) is 0 Å². The van der Waals surface area contributed by atoms with Crippen molar-refractivity contribution >= 4 is 48.3 Å². The third-order valence-electron chi connectivity index (χ3n) is 11.2. The summed E-state index contributed by atoms with van der Waals surface area (Å²) in [5, 5.41) is 22.1. The summed E-state index contributed by atoms with van der Waals surface area (Å²) >= 11 is 6.52. The Balaban J connectivity index is 0.00000387. The van der Waals surface area contributed by atoms with Crippen LogP contribution in [0.2, 0.25) is 5.02 Å². The van der Waals surface area contributed by atoms with Crippen LogP contribution in [0.25, 0.3) is 0 Å². The van der Waals surface area contributed by atoms with E-state index in [-0.39, 0.29) is 58.7 Å². The van der Waals surface area contributed by atoms with E-state index in [2.05, 4.69) is 27.4 Å². The number of aliphatic hydroxyl groups is 1. The molecule has 0 aromatic heterocycles. The molecular weight excluding hydrogens is 568 g/mol. The first-order chi connectivity index (χ1) is 18.8. The van der Waals surface area contributed by atoms with Gasteiger partial charge in [-0.3, -0.25) is 4.79 Å². The van der Waals surface area contributed by atoms with Gasteiger partial charge in [0.15, 0.2) is 6.61 Å². The number of hydrogen-bond donors (Lipinski definition) is 3. The largest absolute Gasteiger partial charge is 0.493 e. The molecule has 11 heteroatoms. The van der Waals surface area contributed by atoms with Crippen molar-refractivity contribution in [3.05, 3.63) is 35.4 Å². The number of fused-ring (bicyclic) bond motifs is 1. The van der Waals surface area contributed by atoms with Gasteiger partial charge in [-0.15, -0.1) is 19.0 Å². The van der Waals surface area contributed by atoms with Crippen LogP contribution < -0.4 is 15.9 Å². The van der Waals surface area contributed by atoms with Gasteiger partial charge in [-0.1, -0.05) is 51.4 Å². The average molecular weight is 610 g/mol. The smallest absolute Gasteiger partial charge is 0.480 e. The van der Waals surface area contributed by atoms with E-state index in [9.17, 15) is 19.7 Å². The fraction of sp³-hybridized carbons (Fsp3) is 0.667. The predicted molar refractivity (Wildman–Crippen MR) is 159 cm³/mol. The van der Waals surface area contributed by atoms with Gasteiger partial charge in [0, 0.05) is 35.2 Å². The van der Waals surface area contributed by atoms with Crippen LogP contribution in [0, 0.1) is 34.0 Å². The van der Waals surface area contributed by atoms with E-state index in [1.54, 1.807) is 18.2 Å². The van der Waals surface area contributed by atoms with Gasteiger partial charge in [-0.25, -0.2) is 4.79 Å². The number of nitrogens with two attached hydrogens (primary N) is 1. The number of esters is 1. The number of halogens is 2. The van der Waals surface area contributed by atoms with Crippen molar-refractivity contribution < 1.29 is 33.8 Å². The van der Waals surface area contributed by atoms with E-state index in [0.717, 1.165) is 19.3 Å². The third-order valence-corrected chi connectivity index (χ3v) is 11.6. The fourth-order valence-corrected chi connectivity index (χ4v) is 8.86. The number of benzene rings is 1. The second-order valence-corrected chi connectivity index (χ2v) is 13.3. The molecule has 226 valence electrons. The quantitative estimate of drug-likeness (QED) is 0.253. The summed E-state index contributed by atoms with van der Waals surface area (Å²) in [6.07, 6.45) is 3.27. The first-order valence-electron chi connectivity index (χ1n) is 14.4. The summed E-state index contributed by atoms with van der Waals surface area (Å²) in [5.41, 5.74) is 5.14. The lowest BCUT2D eigenvalue weighted by molar-refractivity contribution is -0.207. The van der Waals surface area contributed by atoms with Gasteiger partial charge in [-0.2, -0.15) is 0 Å². The van der Waals surface area contributed by atoms with Gasteiger partial charge >= 0.3 is 13.1 Å². The highest BCUT2D eigenvalue weighted by molar-refractivity contribution is 6.65. The number of aliphatic hydroxyl groups excluding tert-OH is 1. The van der Waals surface area contributed by atoms with Crippen molar-refractivity contribution in [2.45, 2.75) is 78.1 Å². The summed E-state index contributed by atoms with van der Waals surface area (Å²) in [7, 11) is -1.23. The molecule has 4 aliphatic rings. The second-order valence-electron chi connectivity index (χ2n) is 12.9. The molecular formula is C30H42BCl2NO7. The minimum Gasteiger partial charge on any atom is -0.480 e. The first kappa shape index (κ1) is 32.3. The Morgan fingerprint density at radius 1 is 1.32 bits per heavy atom. The van der Waals surface area contributed by atoms with Crippen LogP contribution in [-0.4, -0.2) is 54.4 Å². The summed E-state index contributed by atoms with van der Waals surface area (Å²) in [4.78, 5) is 26.9. The van der Waals surface area contributed by atoms with E-state index >= 15 is 0 Å². The average Bonchev–Trinajstić information content (AvgIpc) is 3.46. The number of carbonyl (C=O) groups excluding carboxylic acids is 2. The Morgan fingerprint density at radius 2 is 2.02 bits per heavy atom. The second kappa shape index (κ2) is 11.5. The topological polar surface area (TPSA) is 128 Å². The molecule has 0 amide bonds. The molecule has 4 N–H and O–H groups in total. The maximum absolute atomic E-state index is 13.5. The van der Waals surface area contributed by atoms with Crippen LogP contribution >= 0.6 is 24.0 Å². The first-order valence-corrected chi connectivity index (χ1v) is 14.7. The molecule has 1 aliphatic heterocycles. The zero-order chi connectivity index (χ0) is 29.2. The highest BCUT2D eigenvalue weighted by Crippen LogP contribution is 2.68. The Labute approximate surface area is 253 Å². The molecule has 3 fully saturated rings. The maximum Gasteiger partial charge on any atom is 0.493 e. The van der Waals surface area contributed by atoms with Gasteiger partial charge in [0.2, 0.25) is 0 Å². The molecule has 9 atom stereocenters. The highest BCUT2D eigenvalue weighted by atomic mass is 35.5. The molecule has 3 aliphatic carbocycles. The number of Topliss-reactive ketones (excluding diaryl/α,β-unsaturated/α-hetero) is 1. The highest BCUT2D eigenvalue weighted by Gasteiger charge is 2.68. The van der Waals surface area contributed by atoms with E-state index < -0.39 is 48.8 Å². The van der Waals surface area contributed by atoms with Crippen molar-refractivity contribution in [1.82, 2.24) is 0 Å². The zero-order valence-corrected chi connectivity index (χ0v) is 25.8. The van der Waals surface area contributed by atoms with Gasteiger partial charge in [0.25, 0.3) is 0 Å². The minimum absolute atomic E-state index is 0.